The number of halogens is 2. The van der Waals surface area contributed by atoms with E-state index in [1.54, 1.807) is 6.92 Å². The predicted octanol–water partition coefficient (Wildman–Crippen LogP) is 3.15. The van der Waals surface area contributed by atoms with Crippen LogP contribution in [0.1, 0.15) is 26.2 Å². The van der Waals surface area contributed by atoms with Crippen molar-refractivity contribution in [3.05, 3.63) is 24.8 Å². The first-order valence-electron chi connectivity index (χ1n) is 7.89. The van der Waals surface area contributed by atoms with E-state index in [-0.39, 0.29) is 18.3 Å². The summed E-state index contributed by atoms with van der Waals surface area (Å²) in [6.45, 7) is 6.04. The van der Waals surface area contributed by atoms with Crippen LogP contribution in [0.3, 0.4) is 0 Å². The van der Waals surface area contributed by atoms with Gasteiger partial charge in [-0.25, -0.2) is 8.78 Å². The third-order valence-corrected chi connectivity index (χ3v) is 5.45. The molecule has 0 radical (unpaired) electrons. The summed E-state index contributed by atoms with van der Waals surface area (Å²) in [7, 11) is 0. The van der Waals surface area contributed by atoms with Crippen LogP contribution < -0.4 is 0 Å². The minimum Gasteiger partial charge on any atom is -0.347 e. The Hall–Kier alpha value is -1.07. The van der Waals surface area contributed by atoms with Gasteiger partial charge in [-0.1, -0.05) is 25.7 Å². The quantitative estimate of drug-likeness (QED) is 0.558. The highest BCUT2D eigenvalue weighted by Gasteiger charge is 2.68. The van der Waals surface area contributed by atoms with E-state index in [2.05, 4.69) is 6.58 Å². The lowest BCUT2D eigenvalue weighted by Gasteiger charge is -2.35. The molecule has 3 aliphatic rings. The Morgan fingerprint density at radius 2 is 2.09 bits per heavy atom. The average molecular weight is 312 g/mol. The van der Waals surface area contributed by atoms with Crippen LogP contribution in [0, 0.1) is 17.8 Å². The molecule has 22 heavy (non-hydrogen) atoms. The Bertz CT molecular complexity index is 498. The van der Waals surface area contributed by atoms with Gasteiger partial charge in [-0.15, -0.1) is 0 Å². The van der Waals surface area contributed by atoms with Crippen molar-refractivity contribution in [3.8, 4) is 0 Å². The Kier molecular flexibility index (Phi) is 3.98. The molecule has 1 saturated carbocycles. The molecule has 0 N–H and O–H groups in total. The average Bonchev–Trinajstić information content (AvgIpc) is 3.17. The summed E-state index contributed by atoms with van der Waals surface area (Å²) in [6.07, 6.45) is 3.96. The topological polar surface area (TPSA) is 35.5 Å². The molecule has 1 saturated heterocycles. The molecule has 3 nitrogen and oxygen atoms in total. The van der Waals surface area contributed by atoms with Crippen molar-refractivity contribution in [1.82, 2.24) is 0 Å². The van der Waals surface area contributed by atoms with Gasteiger partial charge in [-0.2, -0.15) is 0 Å². The van der Waals surface area contributed by atoms with Crippen LogP contribution in [0.2, 0.25) is 0 Å². The van der Waals surface area contributed by atoms with E-state index in [9.17, 15) is 9.18 Å². The molecule has 122 valence electrons. The van der Waals surface area contributed by atoms with Gasteiger partial charge in [0.2, 0.25) is 0 Å². The summed E-state index contributed by atoms with van der Waals surface area (Å²) in [5.41, 5.74) is -1.48. The SMILES string of the molecule is C=CC(=O)[C@@H](F)CC[C@H](C)C1(F)C2C=C[C@H]1C1(C2)OCCO1. The molecule has 5 heteroatoms. The number of carbonyl (C=O) groups is 1. The van der Waals surface area contributed by atoms with Gasteiger partial charge in [0, 0.05) is 12.3 Å². The smallest absolute Gasteiger partial charge is 0.189 e. The van der Waals surface area contributed by atoms with E-state index in [0.29, 0.717) is 26.1 Å². The van der Waals surface area contributed by atoms with Gasteiger partial charge in [-0.05, 0) is 24.8 Å². The van der Waals surface area contributed by atoms with Crippen LogP contribution in [-0.2, 0) is 14.3 Å². The molecular formula is C17H22F2O3. The van der Waals surface area contributed by atoms with Crippen molar-refractivity contribution < 1.29 is 23.0 Å². The van der Waals surface area contributed by atoms with Crippen molar-refractivity contribution >= 4 is 5.78 Å². The van der Waals surface area contributed by atoms with Crippen LogP contribution in [0.5, 0.6) is 0 Å². The molecule has 0 amide bonds. The van der Waals surface area contributed by atoms with Crippen LogP contribution in [0.4, 0.5) is 8.78 Å². The minimum atomic E-state index is -1.59. The normalized spacial score (nSPS) is 37.6. The first-order chi connectivity index (χ1) is 10.4. The Balaban J connectivity index is 1.69. The van der Waals surface area contributed by atoms with Crippen LogP contribution >= 0.6 is 0 Å². The maximum atomic E-state index is 15.7. The van der Waals surface area contributed by atoms with E-state index in [1.165, 1.54) is 0 Å². The van der Waals surface area contributed by atoms with Crippen molar-refractivity contribution in [2.45, 2.75) is 43.8 Å². The van der Waals surface area contributed by atoms with E-state index in [4.69, 9.17) is 9.47 Å². The summed E-state index contributed by atoms with van der Waals surface area (Å²) in [5, 5.41) is 0. The van der Waals surface area contributed by atoms with Gasteiger partial charge in [-0.3, -0.25) is 4.79 Å². The highest BCUT2D eigenvalue weighted by molar-refractivity contribution is 5.92. The molecule has 2 fully saturated rings. The molecule has 1 spiro atoms. The zero-order chi connectivity index (χ0) is 16.0. The number of alkyl halides is 2. The van der Waals surface area contributed by atoms with Gasteiger partial charge in [0.1, 0.15) is 5.67 Å². The first-order valence-corrected chi connectivity index (χ1v) is 7.89. The van der Waals surface area contributed by atoms with Crippen LogP contribution in [0.25, 0.3) is 0 Å². The van der Waals surface area contributed by atoms with Crippen molar-refractivity contribution in [3.63, 3.8) is 0 Å². The largest absolute Gasteiger partial charge is 0.347 e. The van der Waals surface area contributed by atoms with Crippen LogP contribution in [-0.4, -0.2) is 36.6 Å². The Labute approximate surface area is 129 Å². The molecule has 2 aliphatic carbocycles. The minimum absolute atomic E-state index is 0.0197. The number of carbonyl (C=O) groups excluding carboxylic acids is 1. The van der Waals surface area contributed by atoms with E-state index in [0.717, 1.165) is 6.08 Å². The molecule has 2 unspecified atom stereocenters. The second kappa shape index (κ2) is 5.53. The number of ether oxygens (including phenoxy) is 2. The number of fused-ring (bicyclic) bond motifs is 3. The third-order valence-electron chi connectivity index (χ3n) is 5.45. The van der Waals surface area contributed by atoms with E-state index in [1.807, 2.05) is 12.2 Å². The van der Waals surface area contributed by atoms with Crippen molar-refractivity contribution in [2.24, 2.45) is 17.8 Å². The zero-order valence-corrected chi connectivity index (χ0v) is 12.8. The maximum absolute atomic E-state index is 15.7. The second-order valence-corrected chi connectivity index (χ2v) is 6.56. The monoisotopic (exact) mass is 312 g/mol. The lowest BCUT2D eigenvalue weighted by atomic mass is 9.77. The van der Waals surface area contributed by atoms with Crippen LogP contribution in [0.15, 0.2) is 24.8 Å². The number of hydrogen-bond donors (Lipinski definition) is 0. The van der Waals surface area contributed by atoms with Gasteiger partial charge >= 0.3 is 0 Å². The molecule has 2 bridgehead atoms. The molecule has 1 aliphatic heterocycles. The van der Waals surface area contributed by atoms with Gasteiger partial charge in [0.05, 0.1) is 19.1 Å². The summed E-state index contributed by atoms with van der Waals surface area (Å²) in [5.74, 6) is -2.56. The number of rotatable bonds is 6. The first kappa shape index (κ1) is 15.8. The molecule has 0 aromatic carbocycles. The maximum Gasteiger partial charge on any atom is 0.189 e. The highest BCUT2D eigenvalue weighted by atomic mass is 19.1. The van der Waals surface area contributed by atoms with E-state index < -0.39 is 29.3 Å². The predicted molar refractivity (Wildman–Crippen MR) is 77.7 cm³/mol. The summed E-state index contributed by atoms with van der Waals surface area (Å²) in [6, 6.07) is 0. The van der Waals surface area contributed by atoms with E-state index >= 15 is 4.39 Å². The Morgan fingerprint density at radius 1 is 1.41 bits per heavy atom. The molecule has 5 atom stereocenters. The van der Waals surface area contributed by atoms with Crippen molar-refractivity contribution in [2.75, 3.05) is 13.2 Å². The van der Waals surface area contributed by atoms with Gasteiger partial charge in [0.25, 0.3) is 0 Å². The van der Waals surface area contributed by atoms with Crippen molar-refractivity contribution in [1.29, 1.82) is 0 Å². The summed E-state index contributed by atoms with van der Waals surface area (Å²) in [4.78, 5) is 11.2. The molecule has 3 rings (SSSR count). The number of allylic oxidation sites excluding steroid dienone is 2. The molecule has 0 aromatic rings. The zero-order valence-electron chi connectivity index (χ0n) is 12.8. The lowest BCUT2D eigenvalue weighted by molar-refractivity contribution is -0.187. The third kappa shape index (κ3) is 2.17. The highest BCUT2D eigenvalue weighted by Crippen LogP contribution is 2.61. The molecular weight excluding hydrogens is 290 g/mol. The fourth-order valence-electron chi connectivity index (χ4n) is 4.24. The summed E-state index contributed by atoms with van der Waals surface area (Å²) < 4.78 is 40.8. The fraction of sp³-hybridized carbons (Fsp3) is 0.706. The number of hydrogen-bond acceptors (Lipinski definition) is 3. The molecule has 1 heterocycles. The van der Waals surface area contributed by atoms with Gasteiger partial charge in [0.15, 0.2) is 17.7 Å². The Morgan fingerprint density at radius 3 is 2.73 bits per heavy atom. The standard InChI is InChI=1S/C17H22F2O3/c1-3-14(20)13(18)6-4-11(2)17(19)12-5-7-15(17)16(10-12)21-8-9-22-16/h3,5,7,11-13,15H,1,4,6,8-10H2,2H3/t11-,12?,13-,15-,17?/m0/s1. The summed E-state index contributed by atoms with van der Waals surface area (Å²) >= 11 is 0. The second-order valence-electron chi connectivity index (χ2n) is 6.56. The lowest BCUT2D eigenvalue weighted by Crippen LogP contribution is -2.44. The number of ketones is 1. The fourth-order valence-corrected chi connectivity index (χ4v) is 4.24. The molecule has 0 aromatic heterocycles. The van der Waals surface area contributed by atoms with Gasteiger partial charge < -0.3 is 9.47 Å².